The standard InChI is InChI=1S/C20H17N3O3S/c21-18(24)11-13-5-7-15(8-6-13)22-20(26)16-3-1-2-4-17(16)23-19(25)14-9-10-27-12-14/h1-10,12H,11H2,(H2,21,24)(H,22,26)(H,23,25). The molecule has 0 aliphatic carbocycles. The summed E-state index contributed by atoms with van der Waals surface area (Å²) < 4.78 is 0. The minimum Gasteiger partial charge on any atom is -0.369 e. The minimum absolute atomic E-state index is 0.145. The second-order valence-electron chi connectivity index (χ2n) is 5.81. The van der Waals surface area contributed by atoms with Gasteiger partial charge in [0.1, 0.15) is 0 Å². The van der Waals surface area contributed by atoms with Crippen LogP contribution in [0.2, 0.25) is 0 Å². The first kappa shape index (κ1) is 18.3. The maximum atomic E-state index is 12.6. The van der Waals surface area contributed by atoms with Gasteiger partial charge in [0, 0.05) is 11.1 Å². The normalized spacial score (nSPS) is 10.2. The van der Waals surface area contributed by atoms with Crippen LogP contribution in [0.5, 0.6) is 0 Å². The van der Waals surface area contributed by atoms with Crippen molar-refractivity contribution in [3.63, 3.8) is 0 Å². The highest BCUT2D eigenvalue weighted by Gasteiger charge is 2.14. The van der Waals surface area contributed by atoms with Crippen molar-refractivity contribution in [3.8, 4) is 0 Å². The van der Waals surface area contributed by atoms with Crippen LogP contribution in [-0.2, 0) is 11.2 Å². The van der Waals surface area contributed by atoms with E-state index in [4.69, 9.17) is 5.73 Å². The van der Waals surface area contributed by atoms with Crippen LogP contribution in [0.1, 0.15) is 26.3 Å². The van der Waals surface area contributed by atoms with Crippen molar-refractivity contribution in [2.24, 2.45) is 5.73 Å². The van der Waals surface area contributed by atoms with Crippen molar-refractivity contribution in [2.75, 3.05) is 10.6 Å². The lowest BCUT2D eigenvalue weighted by Gasteiger charge is -2.11. The van der Waals surface area contributed by atoms with Crippen LogP contribution < -0.4 is 16.4 Å². The lowest BCUT2D eigenvalue weighted by atomic mass is 10.1. The number of para-hydroxylation sites is 1. The summed E-state index contributed by atoms with van der Waals surface area (Å²) in [5.41, 5.74) is 7.83. The Kier molecular flexibility index (Phi) is 5.63. The third kappa shape index (κ3) is 4.80. The molecule has 4 N–H and O–H groups in total. The molecule has 2 aromatic carbocycles. The van der Waals surface area contributed by atoms with Crippen molar-refractivity contribution in [1.82, 2.24) is 0 Å². The first-order valence-electron chi connectivity index (χ1n) is 8.14. The van der Waals surface area contributed by atoms with E-state index in [1.165, 1.54) is 11.3 Å². The molecule has 27 heavy (non-hydrogen) atoms. The van der Waals surface area contributed by atoms with Crippen molar-refractivity contribution >= 4 is 40.4 Å². The number of rotatable bonds is 6. The number of thiophene rings is 1. The molecule has 3 amide bonds. The molecule has 0 radical (unpaired) electrons. The maximum Gasteiger partial charge on any atom is 0.257 e. The van der Waals surface area contributed by atoms with Crippen LogP contribution in [-0.4, -0.2) is 17.7 Å². The number of hydrogen-bond acceptors (Lipinski definition) is 4. The zero-order valence-corrected chi connectivity index (χ0v) is 15.1. The highest BCUT2D eigenvalue weighted by Crippen LogP contribution is 2.19. The largest absolute Gasteiger partial charge is 0.369 e. The molecule has 7 heteroatoms. The quantitative estimate of drug-likeness (QED) is 0.612. The zero-order valence-electron chi connectivity index (χ0n) is 14.3. The molecule has 0 unspecified atom stereocenters. The molecule has 0 fully saturated rings. The third-order valence-electron chi connectivity index (χ3n) is 3.79. The lowest BCUT2D eigenvalue weighted by molar-refractivity contribution is -0.117. The number of carbonyl (C=O) groups excluding carboxylic acids is 3. The van der Waals surface area contributed by atoms with Gasteiger partial charge in [-0.05, 0) is 41.3 Å². The molecule has 1 heterocycles. The topological polar surface area (TPSA) is 101 Å². The van der Waals surface area contributed by atoms with Gasteiger partial charge in [0.25, 0.3) is 11.8 Å². The molecule has 0 saturated carbocycles. The lowest BCUT2D eigenvalue weighted by Crippen LogP contribution is -2.18. The maximum absolute atomic E-state index is 12.6. The SMILES string of the molecule is NC(=O)Cc1ccc(NC(=O)c2ccccc2NC(=O)c2ccsc2)cc1. The van der Waals surface area contributed by atoms with E-state index in [1.54, 1.807) is 60.0 Å². The van der Waals surface area contributed by atoms with Gasteiger partial charge in [-0.2, -0.15) is 11.3 Å². The molecule has 0 aliphatic heterocycles. The van der Waals surface area contributed by atoms with Crippen LogP contribution in [0, 0.1) is 0 Å². The van der Waals surface area contributed by atoms with Crippen LogP contribution in [0.3, 0.4) is 0 Å². The minimum atomic E-state index is -0.415. The van der Waals surface area contributed by atoms with E-state index in [9.17, 15) is 14.4 Å². The smallest absolute Gasteiger partial charge is 0.257 e. The predicted molar refractivity (Wildman–Crippen MR) is 106 cm³/mol. The average Bonchev–Trinajstić information content (AvgIpc) is 3.18. The summed E-state index contributed by atoms with van der Waals surface area (Å²) in [6.45, 7) is 0. The van der Waals surface area contributed by atoms with Gasteiger partial charge < -0.3 is 16.4 Å². The number of anilines is 2. The van der Waals surface area contributed by atoms with Gasteiger partial charge in [0.15, 0.2) is 0 Å². The van der Waals surface area contributed by atoms with Crippen LogP contribution in [0.25, 0.3) is 0 Å². The Morgan fingerprint density at radius 1 is 0.889 bits per heavy atom. The van der Waals surface area contributed by atoms with Crippen molar-refractivity contribution in [1.29, 1.82) is 0 Å². The monoisotopic (exact) mass is 379 g/mol. The van der Waals surface area contributed by atoms with E-state index in [0.717, 1.165) is 5.56 Å². The molecule has 136 valence electrons. The molecule has 3 rings (SSSR count). The van der Waals surface area contributed by atoms with Crippen LogP contribution in [0.4, 0.5) is 11.4 Å². The van der Waals surface area contributed by atoms with Crippen LogP contribution in [0.15, 0.2) is 65.4 Å². The number of benzene rings is 2. The molecule has 0 saturated heterocycles. The highest BCUT2D eigenvalue weighted by atomic mass is 32.1. The van der Waals surface area contributed by atoms with E-state index >= 15 is 0 Å². The van der Waals surface area contributed by atoms with Crippen LogP contribution >= 0.6 is 11.3 Å². The number of carbonyl (C=O) groups is 3. The van der Waals surface area contributed by atoms with Gasteiger partial charge in [0.2, 0.25) is 5.91 Å². The van der Waals surface area contributed by atoms with Crippen molar-refractivity contribution < 1.29 is 14.4 Å². The molecule has 0 bridgehead atoms. The number of nitrogens with two attached hydrogens (primary N) is 1. The Bertz CT molecular complexity index is 966. The summed E-state index contributed by atoms with van der Waals surface area (Å²) in [6.07, 6.45) is 0.145. The first-order valence-corrected chi connectivity index (χ1v) is 9.08. The van der Waals surface area contributed by atoms with Gasteiger partial charge in [-0.1, -0.05) is 24.3 Å². The number of hydrogen-bond donors (Lipinski definition) is 3. The second-order valence-corrected chi connectivity index (χ2v) is 6.59. The fraction of sp³-hybridized carbons (Fsp3) is 0.0500. The predicted octanol–water partition coefficient (Wildman–Crippen LogP) is 3.28. The molecule has 1 aromatic heterocycles. The molecular formula is C20H17N3O3S. The summed E-state index contributed by atoms with van der Waals surface area (Å²) in [4.78, 5) is 35.8. The Balaban J connectivity index is 1.73. The van der Waals surface area contributed by atoms with Gasteiger partial charge in [0.05, 0.1) is 23.2 Å². The highest BCUT2D eigenvalue weighted by molar-refractivity contribution is 7.08. The zero-order chi connectivity index (χ0) is 19.2. The van der Waals surface area contributed by atoms with E-state index < -0.39 is 5.91 Å². The fourth-order valence-corrected chi connectivity index (χ4v) is 3.12. The van der Waals surface area contributed by atoms with Crippen molar-refractivity contribution in [3.05, 3.63) is 82.0 Å². The fourth-order valence-electron chi connectivity index (χ4n) is 2.48. The first-order chi connectivity index (χ1) is 13.0. The average molecular weight is 379 g/mol. The Labute approximate surface area is 160 Å². The molecular weight excluding hydrogens is 362 g/mol. The Morgan fingerprint density at radius 2 is 1.63 bits per heavy atom. The summed E-state index contributed by atoms with van der Waals surface area (Å²) in [5.74, 6) is -1.03. The van der Waals surface area contributed by atoms with E-state index in [-0.39, 0.29) is 18.2 Å². The van der Waals surface area contributed by atoms with Gasteiger partial charge in [-0.25, -0.2) is 0 Å². The summed E-state index contributed by atoms with van der Waals surface area (Å²) >= 11 is 1.43. The summed E-state index contributed by atoms with van der Waals surface area (Å²) in [7, 11) is 0. The number of amides is 3. The Morgan fingerprint density at radius 3 is 2.30 bits per heavy atom. The molecule has 0 aliphatic rings. The Hall–Kier alpha value is -3.45. The third-order valence-corrected chi connectivity index (χ3v) is 4.48. The van der Waals surface area contributed by atoms with Gasteiger partial charge in [-0.3, -0.25) is 14.4 Å². The molecule has 3 aromatic rings. The molecule has 0 spiro atoms. The summed E-state index contributed by atoms with van der Waals surface area (Å²) in [6, 6.07) is 15.4. The van der Waals surface area contributed by atoms with E-state index in [0.29, 0.717) is 22.5 Å². The summed E-state index contributed by atoms with van der Waals surface area (Å²) in [5, 5.41) is 9.11. The van der Waals surface area contributed by atoms with E-state index in [1.807, 2.05) is 5.38 Å². The number of nitrogens with one attached hydrogen (secondary N) is 2. The second kappa shape index (κ2) is 8.29. The molecule has 0 atom stereocenters. The van der Waals surface area contributed by atoms with Gasteiger partial charge >= 0.3 is 0 Å². The van der Waals surface area contributed by atoms with Crippen molar-refractivity contribution in [2.45, 2.75) is 6.42 Å². The molecule has 6 nitrogen and oxygen atoms in total. The van der Waals surface area contributed by atoms with E-state index in [2.05, 4.69) is 10.6 Å². The number of primary amides is 1. The van der Waals surface area contributed by atoms with Gasteiger partial charge in [-0.15, -0.1) is 0 Å².